The highest BCUT2D eigenvalue weighted by molar-refractivity contribution is 5.82. The van der Waals surface area contributed by atoms with Crippen LogP contribution in [0, 0.1) is 0 Å². The lowest BCUT2D eigenvalue weighted by Gasteiger charge is -2.24. The SMILES string of the molecule is COCCN(CCO)C(=O)C1CCC(C(=O)O)O1. The van der Waals surface area contributed by atoms with Crippen LogP contribution in [0.4, 0.5) is 0 Å². The van der Waals surface area contributed by atoms with Crippen molar-refractivity contribution < 1.29 is 29.3 Å². The summed E-state index contributed by atoms with van der Waals surface area (Å²) in [5.41, 5.74) is 0. The number of carbonyl (C=O) groups is 2. The van der Waals surface area contributed by atoms with Crippen molar-refractivity contribution in [3.05, 3.63) is 0 Å². The summed E-state index contributed by atoms with van der Waals surface area (Å²) in [6, 6.07) is 0. The van der Waals surface area contributed by atoms with Gasteiger partial charge in [-0.05, 0) is 12.8 Å². The third-order valence-corrected chi connectivity index (χ3v) is 2.82. The second-order valence-corrected chi connectivity index (χ2v) is 4.07. The number of aliphatic hydroxyl groups is 1. The third kappa shape index (κ3) is 3.94. The van der Waals surface area contributed by atoms with Gasteiger partial charge in [-0.2, -0.15) is 0 Å². The number of hydrogen-bond donors (Lipinski definition) is 2. The lowest BCUT2D eigenvalue weighted by atomic mass is 10.2. The van der Waals surface area contributed by atoms with Crippen LogP contribution in [0.5, 0.6) is 0 Å². The number of aliphatic hydroxyl groups excluding tert-OH is 1. The summed E-state index contributed by atoms with van der Waals surface area (Å²) < 4.78 is 10.1. The van der Waals surface area contributed by atoms with Crippen LogP contribution in [0.15, 0.2) is 0 Å². The second-order valence-electron chi connectivity index (χ2n) is 4.07. The van der Waals surface area contributed by atoms with Gasteiger partial charge in [0.25, 0.3) is 5.91 Å². The molecule has 0 spiro atoms. The minimum Gasteiger partial charge on any atom is -0.479 e. The molecular formula is C11H19NO6. The number of carbonyl (C=O) groups excluding carboxylic acids is 1. The molecule has 104 valence electrons. The number of nitrogens with zero attached hydrogens (tertiary/aromatic N) is 1. The molecule has 2 N–H and O–H groups in total. The summed E-state index contributed by atoms with van der Waals surface area (Å²) in [4.78, 5) is 24.2. The van der Waals surface area contributed by atoms with Crippen molar-refractivity contribution in [3.8, 4) is 0 Å². The predicted octanol–water partition coefficient (Wildman–Crippen LogP) is -0.914. The van der Waals surface area contributed by atoms with Crippen LogP contribution in [0.2, 0.25) is 0 Å². The summed E-state index contributed by atoms with van der Waals surface area (Å²) in [5, 5.41) is 17.7. The summed E-state index contributed by atoms with van der Waals surface area (Å²) in [6.45, 7) is 0.763. The molecule has 0 aromatic heterocycles. The summed E-state index contributed by atoms with van der Waals surface area (Å²) in [5.74, 6) is -1.33. The second kappa shape index (κ2) is 7.30. The first kappa shape index (κ1) is 14.9. The van der Waals surface area contributed by atoms with Crippen LogP contribution >= 0.6 is 0 Å². The van der Waals surface area contributed by atoms with Gasteiger partial charge in [-0.15, -0.1) is 0 Å². The monoisotopic (exact) mass is 261 g/mol. The summed E-state index contributed by atoms with van der Waals surface area (Å²) in [6.07, 6.45) is -0.903. The van der Waals surface area contributed by atoms with E-state index in [9.17, 15) is 9.59 Å². The average Bonchev–Trinajstić information content (AvgIpc) is 2.83. The first-order valence-electron chi connectivity index (χ1n) is 5.87. The topological polar surface area (TPSA) is 96.3 Å². The van der Waals surface area contributed by atoms with E-state index in [1.807, 2.05) is 0 Å². The Bertz CT molecular complexity index is 295. The van der Waals surface area contributed by atoms with E-state index in [0.29, 0.717) is 26.0 Å². The van der Waals surface area contributed by atoms with Crippen molar-refractivity contribution in [3.63, 3.8) is 0 Å². The van der Waals surface area contributed by atoms with Gasteiger partial charge >= 0.3 is 5.97 Å². The van der Waals surface area contributed by atoms with E-state index in [1.165, 1.54) is 12.0 Å². The Kier molecular flexibility index (Phi) is 6.03. The van der Waals surface area contributed by atoms with Gasteiger partial charge in [0.1, 0.15) is 6.10 Å². The van der Waals surface area contributed by atoms with Gasteiger partial charge in [-0.25, -0.2) is 4.79 Å². The minimum absolute atomic E-state index is 0.148. The molecular weight excluding hydrogens is 242 g/mol. The zero-order valence-electron chi connectivity index (χ0n) is 10.4. The molecule has 0 radical (unpaired) electrons. The highest BCUT2D eigenvalue weighted by atomic mass is 16.5. The lowest BCUT2D eigenvalue weighted by molar-refractivity contribution is -0.155. The van der Waals surface area contributed by atoms with Gasteiger partial charge in [0.05, 0.1) is 13.2 Å². The molecule has 18 heavy (non-hydrogen) atoms. The van der Waals surface area contributed by atoms with E-state index in [2.05, 4.69) is 0 Å². The Labute approximate surface area is 105 Å². The Morgan fingerprint density at radius 1 is 1.33 bits per heavy atom. The standard InChI is InChI=1S/C11H19NO6/c1-17-7-5-12(4-6-13)10(14)8-2-3-9(18-8)11(15)16/h8-9,13H,2-7H2,1H3,(H,15,16). The van der Waals surface area contributed by atoms with Crippen LogP contribution in [-0.4, -0.2) is 72.6 Å². The van der Waals surface area contributed by atoms with Crippen molar-refractivity contribution in [2.45, 2.75) is 25.0 Å². The van der Waals surface area contributed by atoms with Gasteiger partial charge in [0, 0.05) is 20.2 Å². The first-order valence-corrected chi connectivity index (χ1v) is 5.87. The molecule has 1 fully saturated rings. The molecule has 0 aliphatic carbocycles. The third-order valence-electron chi connectivity index (χ3n) is 2.82. The zero-order chi connectivity index (χ0) is 13.5. The summed E-state index contributed by atoms with van der Waals surface area (Å²) in [7, 11) is 1.52. The van der Waals surface area contributed by atoms with Gasteiger partial charge in [0.15, 0.2) is 6.10 Å². The van der Waals surface area contributed by atoms with E-state index in [-0.39, 0.29) is 19.1 Å². The fourth-order valence-electron chi connectivity index (χ4n) is 1.86. The van der Waals surface area contributed by atoms with Crippen LogP contribution < -0.4 is 0 Å². The molecule has 7 nitrogen and oxygen atoms in total. The van der Waals surface area contributed by atoms with Gasteiger partial charge in [0.2, 0.25) is 0 Å². The average molecular weight is 261 g/mol. The Balaban J connectivity index is 2.52. The van der Waals surface area contributed by atoms with Crippen LogP contribution in [0.3, 0.4) is 0 Å². The van der Waals surface area contributed by atoms with Gasteiger partial charge in [-0.1, -0.05) is 0 Å². The van der Waals surface area contributed by atoms with E-state index in [0.717, 1.165) is 0 Å². The summed E-state index contributed by atoms with van der Waals surface area (Å²) >= 11 is 0. The molecule has 1 rings (SSSR count). The van der Waals surface area contributed by atoms with E-state index in [1.54, 1.807) is 0 Å². The van der Waals surface area contributed by atoms with Crippen LogP contribution in [0.1, 0.15) is 12.8 Å². The fraction of sp³-hybridized carbons (Fsp3) is 0.818. The molecule has 1 heterocycles. The first-order chi connectivity index (χ1) is 8.60. The van der Waals surface area contributed by atoms with E-state index >= 15 is 0 Å². The molecule has 7 heteroatoms. The number of rotatable bonds is 7. The Morgan fingerprint density at radius 2 is 2.00 bits per heavy atom. The number of carboxylic acid groups (broad SMARTS) is 1. The molecule has 0 aromatic carbocycles. The maximum Gasteiger partial charge on any atom is 0.332 e. The quantitative estimate of drug-likeness (QED) is 0.615. The molecule has 0 aromatic rings. The van der Waals surface area contributed by atoms with E-state index < -0.39 is 18.2 Å². The number of aliphatic carboxylic acids is 1. The number of hydrogen-bond acceptors (Lipinski definition) is 5. The van der Waals surface area contributed by atoms with Crippen molar-refractivity contribution in [2.75, 3.05) is 33.4 Å². The molecule has 0 saturated carbocycles. The maximum atomic E-state index is 12.1. The molecule has 1 amide bonds. The smallest absolute Gasteiger partial charge is 0.332 e. The normalized spacial score (nSPS) is 23.0. The Hall–Kier alpha value is -1.18. The van der Waals surface area contributed by atoms with E-state index in [4.69, 9.17) is 19.7 Å². The predicted molar refractivity (Wildman–Crippen MR) is 61.1 cm³/mol. The number of carboxylic acids is 1. The van der Waals surface area contributed by atoms with Crippen LogP contribution in [-0.2, 0) is 19.1 Å². The van der Waals surface area contributed by atoms with Crippen molar-refractivity contribution >= 4 is 11.9 Å². The van der Waals surface area contributed by atoms with Crippen molar-refractivity contribution in [1.82, 2.24) is 4.90 Å². The molecule has 2 atom stereocenters. The fourth-order valence-corrected chi connectivity index (χ4v) is 1.86. The zero-order valence-corrected chi connectivity index (χ0v) is 10.4. The highest BCUT2D eigenvalue weighted by Gasteiger charge is 2.36. The number of amides is 1. The van der Waals surface area contributed by atoms with Crippen LogP contribution in [0.25, 0.3) is 0 Å². The largest absolute Gasteiger partial charge is 0.479 e. The lowest BCUT2D eigenvalue weighted by Crippen LogP contribution is -2.42. The molecule has 0 bridgehead atoms. The van der Waals surface area contributed by atoms with Gasteiger partial charge in [-0.3, -0.25) is 4.79 Å². The van der Waals surface area contributed by atoms with Crippen molar-refractivity contribution in [1.29, 1.82) is 0 Å². The molecule has 2 unspecified atom stereocenters. The van der Waals surface area contributed by atoms with Gasteiger partial charge < -0.3 is 24.6 Å². The number of methoxy groups -OCH3 is 1. The van der Waals surface area contributed by atoms with Crippen molar-refractivity contribution in [2.24, 2.45) is 0 Å². The Morgan fingerprint density at radius 3 is 2.50 bits per heavy atom. The highest BCUT2D eigenvalue weighted by Crippen LogP contribution is 2.21. The molecule has 1 aliphatic heterocycles. The molecule has 1 aliphatic rings. The number of ether oxygens (including phenoxy) is 2. The molecule has 1 saturated heterocycles. The maximum absolute atomic E-state index is 12.1. The minimum atomic E-state index is -1.05.